The molecule has 2 aliphatic rings. The van der Waals surface area contributed by atoms with Gasteiger partial charge in [0.2, 0.25) is 0 Å². The molecule has 14 heavy (non-hydrogen) atoms. The molecular formula is C12H22OS. The topological polar surface area (TPSA) is 9.23 Å². The van der Waals surface area contributed by atoms with Gasteiger partial charge in [-0.2, -0.15) is 0 Å². The Hall–Kier alpha value is 0.310. The number of rotatable bonds is 0. The summed E-state index contributed by atoms with van der Waals surface area (Å²) in [6.45, 7) is 7.93. The summed E-state index contributed by atoms with van der Waals surface area (Å²) in [7, 11) is 0. The fraction of sp³-hybridized carbons (Fsp3) is 1.00. The van der Waals surface area contributed by atoms with Gasteiger partial charge < -0.3 is 4.74 Å². The molecule has 1 spiro atoms. The van der Waals surface area contributed by atoms with Crippen LogP contribution >= 0.6 is 11.8 Å². The Morgan fingerprint density at radius 1 is 1.21 bits per heavy atom. The normalized spacial score (nSPS) is 42.6. The first-order valence-corrected chi connectivity index (χ1v) is 6.78. The molecule has 2 heteroatoms. The molecule has 0 unspecified atom stereocenters. The van der Waals surface area contributed by atoms with Crippen molar-refractivity contribution in [3.8, 4) is 0 Å². The van der Waals surface area contributed by atoms with Crippen LogP contribution in [0.2, 0.25) is 0 Å². The van der Waals surface area contributed by atoms with Gasteiger partial charge in [-0.3, -0.25) is 0 Å². The molecule has 0 amide bonds. The van der Waals surface area contributed by atoms with Gasteiger partial charge in [0.05, 0.1) is 6.61 Å². The summed E-state index contributed by atoms with van der Waals surface area (Å²) in [4.78, 5) is 0.210. The Bertz CT molecular complexity index is 192. The summed E-state index contributed by atoms with van der Waals surface area (Å²) >= 11 is 2.07. The second kappa shape index (κ2) is 3.71. The van der Waals surface area contributed by atoms with Crippen LogP contribution in [0.5, 0.6) is 0 Å². The highest BCUT2D eigenvalue weighted by atomic mass is 32.2. The van der Waals surface area contributed by atoms with Gasteiger partial charge >= 0.3 is 0 Å². The van der Waals surface area contributed by atoms with E-state index in [0.717, 1.165) is 12.5 Å². The van der Waals surface area contributed by atoms with Gasteiger partial charge in [-0.15, -0.1) is 11.8 Å². The number of ether oxygens (including phenoxy) is 1. The summed E-state index contributed by atoms with van der Waals surface area (Å²) in [6.07, 6.45) is 5.25. The third-order valence-corrected chi connectivity index (χ3v) is 5.47. The molecule has 0 bridgehead atoms. The van der Waals surface area contributed by atoms with Crippen LogP contribution in [0, 0.1) is 11.3 Å². The van der Waals surface area contributed by atoms with Crippen molar-refractivity contribution in [1.29, 1.82) is 0 Å². The highest BCUT2D eigenvalue weighted by molar-refractivity contribution is 8.00. The van der Waals surface area contributed by atoms with E-state index >= 15 is 0 Å². The van der Waals surface area contributed by atoms with Crippen LogP contribution in [0.4, 0.5) is 0 Å². The number of hydrogen-bond acceptors (Lipinski definition) is 2. The lowest BCUT2D eigenvalue weighted by Gasteiger charge is -2.46. The van der Waals surface area contributed by atoms with E-state index in [-0.39, 0.29) is 4.93 Å². The Labute approximate surface area is 92.0 Å². The quantitative estimate of drug-likeness (QED) is 0.608. The van der Waals surface area contributed by atoms with E-state index < -0.39 is 0 Å². The molecule has 0 aromatic rings. The second-order valence-corrected chi connectivity index (χ2v) is 7.16. The number of hydrogen-bond donors (Lipinski definition) is 0. The number of thioether (sulfide) groups is 1. The van der Waals surface area contributed by atoms with Crippen LogP contribution in [-0.4, -0.2) is 17.3 Å². The van der Waals surface area contributed by atoms with Gasteiger partial charge in [-0.05, 0) is 37.0 Å². The highest BCUT2D eigenvalue weighted by Gasteiger charge is 2.41. The Balaban J connectivity index is 1.93. The lowest BCUT2D eigenvalue weighted by atomic mass is 9.87. The van der Waals surface area contributed by atoms with Gasteiger partial charge in [0.25, 0.3) is 0 Å². The first-order valence-electron chi connectivity index (χ1n) is 5.79. The maximum Gasteiger partial charge on any atom is 0.113 e. The zero-order chi connectivity index (χ0) is 10.2. The Morgan fingerprint density at radius 2 is 1.86 bits per heavy atom. The third kappa shape index (κ3) is 2.27. The molecule has 82 valence electrons. The predicted octanol–water partition coefficient (Wildman–Crippen LogP) is 3.68. The molecule has 1 aliphatic heterocycles. The lowest BCUT2D eigenvalue weighted by molar-refractivity contribution is -0.0488. The van der Waals surface area contributed by atoms with E-state index in [1.807, 2.05) is 0 Å². The van der Waals surface area contributed by atoms with Crippen molar-refractivity contribution in [3.63, 3.8) is 0 Å². The second-order valence-electron chi connectivity index (χ2n) is 5.83. The summed E-state index contributed by atoms with van der Waals surface area (Å²) < 4.78 is 6.13. The van der Waals surface area contributed by atoms with E-state index in [1.54, 1.807) is 0 Å². The van der Waals surface area contributed by atoms with Crippen LogP contribution in [0.1, 0.15) is 46.5 Å². The van der Waals surface area contributed by atoms with E-state index in [2.05, 4.69) is 32.5 Å². The van der Waals surface area contributed by atoms with Crippen molar-refractivity contribution < 1.29 is 4.74 Å². The summed E-state index contributed by atoms with van der Waals surface area (Å²) in [5, 5.41) is 0. The smallest absolute Gasteiger partial charge is 0.113 e. The van der Waals surface area contributed by atoms with Crippen LogP contribution < -0.4 is 0 Å². The van der Waals surface area contributed by atoms with E-state index in [9.17, 15) is 0 Å². The Kier molecular flexibility index (Phi) is 2.87. The van der Waals surface area contributed by atoms with E-state index in [4.69, 9.17) is 4.74 Å². The molecule has 0 N–H and O–H groups in total. The summed E-state index contributed by atoms with van der Waals surface area (Å²) in [5.41, 5.74) is 0.388. The first kappa shape index (κ1) is 10.8. The Morgan fingerprint density at radius 3 is 2.36 bits per heavy atom. The van der Waals surface area contributed by atoms with Crippen LogP contribution in [0.25, 0.3) is 0 Å². The molecule has 2 rings (SSSR count). The third-order valence-electron chi connectivity index (χ3n) is 3.49. The largest absolute Gasteiger partial charge is 0.364 e. The lowest BCUT2D eigenvalue weighted by Crippen LogP contribution is -2.43. The predicted molar refractivity (Wildman–Crippen MR) is 62.6 cm³/mol. The monoisotopic (exact) mass is 214 g/mol. The molecule has 1 saturated carbocycles. The molecule has 1 saturated heterocycles. The molecular weight excluding hydrogens is 192 g/mol. The molecule has 2 fully saturated rings. The van der Waals surface area contributed by atoms with Gasteiger partial charge in [0.1, 0.15) is 4.93 Å². The van der Waals surface area contributed by atoms with E-state index in [0.29, 0.717) is 5.41 Å². The van der Waals surface area contributed by atoms with Crippen molar-refractivity contribution in [1.82, 2.24) is 0 Å². The average Bonchev–Trinajstić information content (AvgIpc) is 2.16. The minimum atomic E-state index is 0.210. The molecule has 0 aromatic heterocycles. The molecule has 1 heterocycles. The van der Waals surface area contributed by atoms with Crippen molar-refractivity contribution in [2.75, 3.05) is 12.4 Å². The average molecular weight is 214 g/mol. The minimum absolute atomic E-state index is 0.210. The first-order chi connectivity index (χ1) is 6.52. The SMILES string of the molecule is CC1CCC2(CC1)OCC(C)(C)CS2. The van der Waals surface area contributed by atoms with Gasteiger partial charge in [0.15, 0.2) is 0 Å². The maximum atomic E-state index is 6.13. The van der Waals surface area contributed by atoms with Crippen molar-refractivity contribution in [2.24, 2.45) is 11.3 Å². The van der Waals surface area contributed by atoms with Crippen molar-refractivity contribution >= 4 is 11.8 Å². The van der Waals surface area contributed by atoms with Crippen molar-refractivity contribution in [2.45, 2.75) is 51.4 Å². The van der Waals surface area contributed by atoms with Gasteiger partial charge in [-0.25, -0.2) is 0 Å². The molecule has 0 aromatic carbocycles. The maximum absolute atomic E-state index is 6.13. The zero-order valence-electron chi connectivity index (χ0n) is 9.64. The summed E-state index contributed by atoms with van der Waals surface area (Å²) in [5.74, 6) is 2.18. The molecule has 0 atom stereocenters. The molecule has 1 nitrogen and oxygen atoms in total. The summed E-state index contributed by atoms with van der Waals surface area (Å²) in [6, 6.07) is 0. The van der Waals surface area contributed by atoms with Gasteiger partial charge in [-0.1, -0.05) is 20.8 Å². The van der Waals surface area contributed by atoms with Crippen molar-refractivity contribution in [3.05, 3.63) is 0 Å². The standard InChI is InChI=1S/C12H22OS/c1-10-4-6-12(7-5-10)13-8-11(2,3)9-14-12/h10H,4-9H2,1-3H3. The molecule has 1 aliphatic carbocycles. The fourth-order valence-electron chi connectivity index (χ4n) is 2.23. The van der Waals surface area contributed by atoms with Gasteiger partial charge in [0, 0.05) is 5.75 Å². The van der Waals surface area contributed by atoms with Crippen LogP contribution in [0.3, 0.4) is 0 Å². The van der Waals surface area contributed by atoms with E-state index in [1.165, 1.54) is 31.4 Å². The fourth-order valence-corrected chi connectivity index (χ4v) is 3.63. The molecule has 0 radical (unpaired) electrons. The van der Waals surface area contributed by atoms with Crippen LogP contribution in [-0.2, 0) is 4.74 Å². The highest BCUT2D eigenvalue weighted by Crippen LogP contribution is 2.48. The minimum Gasteiger partial charge on any atom is -0.364 e. The van der Waals surface area contributed by atoms with Crippen LogP contribution in [0.15, 0.2) is 0 Å². The zero-order valence-corrected chi connectivity index (χ0v) is 10.5.